The zero-order chi connectivity index (χ0) is 23.0. The molecule has 0 radical (unpaired) electrons. The molecule has 1 N–H and O–H groups in total. The van der Waals surface area contributed by atoms with Gasteiger partial charge in [-0.05, 0) is 35.2 Å². The van der Waals surface area contributed by atoms with Gasteiger partial charge >= 0.3 is 12.1 Å². The van der Waals surface area contributed by atoms with Gasteiger partial charge in [0.25, 0.3) is 0 Å². The molecule has 0 spiro atoms. The van der Waals surface area contributed by atoms with Gasteiger partial charge in [0.2, 0.25) is 0 Å². The minimum absolute atomic E-state index is 0.0292. The Labute approximate surface area is 183 Å². The van der Waals surface area contributed by atoms with Crippen LogP contribution in [0.3, 0.4) is 0 Å². The van der Waals surface area contributed by atoms with Crippen LogP contribution in [0.1, 0.15) is 29.5 Å². The summed E-state index contributed by atoms with van der Waals surface area (Å²) >= 11 is 0. The van der Waals surface area contributed by atoms with Crippen molar-refractivity contribution in [2.24, 2.45) is 0 Å². The standard InChI is InChI=1S/C25H21F2NO4/c1-25(23(29)30,20-12-7-13-21(26)22(20)27)28(2)24(31)32-14-19-17-10-5-3-8-15(17)16-9-4-6-11-18(16)19/h3-13,19H,14H2,1-2H3,(H,29,30). The molecule has 0 aliphatic heterocycles. The monoisotopic (exact) mass is 437 g/mol. The fraction of sp³-hybridized carbons (Fsp3) is 0.200. The second-order valence-corrected chi connectivity index (χ2v) is 7.84. The zero-order valence-corrected chi connectivity index (χ0v) is 17.5. The van der Waals surface area contributed by atoms with Crippen molar-refractivity contribution in [1.29, 1.82) is 0 Å². The Kier molecular flexibility index (Phi) is 5.42. The number of carboxylic acid groups (broad SMARTS) is 1. The van der Waals surface area contributed by atoms with Crippen molar-refractivity contribution in [2.75, 3.05) is 13.7 Å². The summed E-state index contributed by atoms with van der Waals surface area (Å²) in [6, 6.07) is 18.8. The number of rotatable bonds is 5. The van der Waals surface area contributed by atoms with Gasteiger partial charge in [-0.3, -0.25) is 4.90 Å². The van der Waals surface area contributed by atoms with Crippen LogP contribution in [0.25, 0.3) is 11.1 Å². The number of nitrogens with zero attached hydrogens (tertiary/aromatic N) is 1. The number of amides is 1. The van der Waals surface area contributed by atoms with Gasteiger partial charge < -0.3 is 9.84 Å². The zero-order valence-electron chi connectivity index (χ0n) is 17.5. The Morgan fingerprint density at radius 2 is 1.53 bits per heavy atom. The lowest BCUT2D eigenvalue weighted by Gasteiger charge is -2.35. The maximum atomic E-state index is 14.4. The van der Waals surface area contributed by atoms with Crippen LogP contribution in [0.4, 0.5) is 13.6 Å². The van der Waals surface area contributed by atoms with Crippen molar-refractivity contribution in [3.05, 3.63) is 95.1 Å². The lowest BCUT2D eigenvalue weighted by Crippen LogP contribution is -2.51. The van der Waals surface area contributed by atoms with Crippen molar-refractivity contribution in [3.8, 4) is 11.1 Å². The van der Waals surface area contributed by atoms with Crippen molar-refractivity contribution in [3.63, 3.8) is 0 Å². The number of ether oxygens (including phenoxy) is 1. The summed E-state index contributed by atoms with van der Waals surface area (Å²) < 4.78 is 33.7. The van der Waals surface area contributed by atoms with E-state index in [2.05, 4.69) is 0 Å². The molecule has 32 heavy (non-hydrogen) atoms. The van der Waals surface area contributed by atoms with Crippen LogP contribution < -0.4 is 0 Å². The molecule has 0 bridgehead atoms. The van der Waals surface area contributed by atoms with Gasteiger partial charge in [-0.2, -0.15) is 0 Å². The summed E-state index contributed by atoms with van der Waals surface area (Å²) in [6.07, 6.45) is -0.958. The van der Waals surface area contributed by atoms with E-state index < -0.39 is 34.8 Å². The molecule has 5 nitrogen and oxygen atoms in total. The van der Waals surface area contributed by atoms with E-state index in [1.807, 2.05) is 48.5 Å². The average Bonchev–Trinajstić information content (AvgIpc) is 3.12. The van der Waals surface area contributed by atoms with Gasteiger partial charge in [-0.15, -0.1) is 0 Å². The van der Waals surface area contributed by atoms with E-state index in [-0.39, 0.29) is 12.5 Å². The van der Waals surface area contributed by atoms with Gasteiger partial charge in [0, 0.05) is 18.5 Å². The molecule has 1 unspecified atom stereocenters. The molecular weight excluding hydrogens is 416 g/mol. The van der Waals surface area contributed by atoms with E-state index >= 15 is 0 Å². The smallest absolute Gasteiger partial charge is 0.410 e. The first-order valence-electron chi connectivity index (χ1n) is 10.0. The molecule has 0 saturated heterocycles. The third-order valence-electron chi connectivity index (χ3n) is 6.17. The van der Waals surface area contributed by atoms with Gasteiger partial charge in [-0.25, -0.2) is 18.4 Å². The molecule has 0 heterocycles. The number of carbonyl (C=O) groups is 2. The van der Waals surface area contributed by atoms with Crippen molar-refractivity contribution in [2.45, 2.75) is 18.4 Å². The number of halogens is 2. The van der Waals surface area contributed by atoms with Crippen LogP contribution in [0.5, 0.6) is 0 Å². The summed E-state index contributed by atoms with van der Waals surface area (Å²) in [5.41, 5.74) is 1.46. The Morgan fingerprint density at radius 1 is 0.969 bits per heavy atom. The van der Waals surface area contributed by atoms with Crippen LogP contribution in [-0.2, 0) is 15.1 Å². The number of likely N-dealkylation sites (N-methyl/N-ethyl adjacent to an activating group) is 1. The minimum Gasteiger partial charge on any atom is -0.479 e. The quantitative estimate of drug-likeness (QED) is 0.600. The Morgan fingerprint density at radius 3 is 2.09 bits per heavy atom. The Hall–Kier alpha value is -3.74. The third kappa shape index (κ3) is 3.30. The van der Waals surface area contributed by atoms with Gasteiger partial charge in [0.1, 0.15) is 6.61 Å². The molecule has 0 saturated carbocycles. The van der Waals surface area contributed by atoms with E-state index in [1.54, 1.807) is 0 Å². The van der Waals surface area contributed by atoms with Crippen LogP contribution >= 0.6 is 0 Å². The highest BCUT2D eigenvalue weighted by atomic mass is 19.2. The highest BCUT2D eigenvalue weighted by molar-refractivity contribution is 5.85. The van der Waals surface area contributed by atoms with E-state index in [9.17, 15) is 23.5 Å². The summed E-state index contributed by atoms with van der Waals surface area (Å²) in [6.45, 7) is 1.10. The van der Waals surface area contributed by atoms with Crippen LogP contribution in [0.15, 0.2) is 66.7 Å². The number of hydrogen-bond acceptors (Lipinski definition) is 3. The van der Waals surface area contributed by atoms with Crippen LogP contribution in [-0.4, -0.2) is 35.7 Å². The number of benzene rings is 3. The molecule has 3 aromatic rings. The van der Waals surface area contributed by atoms with Gasteiger partial charge in [-0.1, -0.05) is 60.7 Å². The van der Waals surface area contributed by atoms with Crippen molar-refractivity contribution < 1.29 is 28.2 Å². The molecule has 164 valence electrons. The summed E-state index contributed by atoms with van der Waals surface area (Å²) in [5.74, 6) is -4.26. The van der Waals surface area contributed by atoms with E-state index in [4.69, 9.17) is 4.74 Å². The first-order valence-corrected chi connectivity index (χ1v) is 10.0. The number of fused-ring (bicyclic) bond motifs is 3. The fourth-order valence-electron chi connectivity index (χ4n) is 4.19. The molecule has 1 aliphatic rings. The van der Waals surface area contributed by atoms with Crippen molar-refractivity contribution >= 4 is 12.1 Å². The predicted molar refractivity (Wildman–Crippen MR) is 114 cm³/mol. The van der Waals surface area contributed by atoms with Crippen molar-refractivity contribution in [1.82, 2.24) is 4.90 Å². The molecule has 1 aliphatic carbocycles. The molecule has 1 amide bonds. The number of carbonyl (C=O) groups excluding carboxylic acids is 1. The molecular formula is C25H21F2NO4. The van der Waals surface area contributed by atoms with Crippen LogP contribution in [0.2, 0.25) is 0 Å². The Bertz CT molecular complexity index is 1170. The molecule has 7 heteroatoms. The first kappa shape index (κ1) is 21.5. The normalized spacial score (nSPS) is 14.2. The molecule has 4 rings (SSSR count). The SMILES string of the molecule is CN(C(=O)OCC1c2ccccc2-c2ccccc21)C(C)(C(=O)O)c1cccc(F)c1F. The second kappa shape index (κ2) is 8.07. The second-order valence-electron chi connectivity index (χ2n) is 7.84. The largest absolute Gasteiger partial charge is 0.479 e. The Balaban J connectivity index is 1.60. The van der Waals surface area contributed by atoms with Crippen LogP contribution in [0, 0.1) is 11.6 Å². The van der Waals surface area contributed by atoms with E-state index in [0.29, 0.717) is 0 Å². The topological polar surface area (TPSA) is 66.8 Å². The molecule has 1 atom stereocenters. The lowest BCUT2D eigenvalue weighted by atomic mass is 9.90. The highest BCUT2D eigenvalue weighted by Crippen LogP contribution is 2.44. The molecule has 0 aromatic heterocycles. The van der Waals surface area contributed by atoms with E-state index in [0.717, 1.165) is 46.2 Å². The van der Waals surface area contributed by atoms with E-state index in [1.165, 1.54) is 13.1 Å². The number of carboxylic acids is 1. The first-order chi connectivity index (χ1) is 15.3. The molecule has 3 aromatic carbocycles. The lowest BCUT2D eigenvalue weighted by molar-refractivity contribution is -0.149. The van der Waals surface area contributed by atoms with Gasteiger partial charge in [0.15, 0.2) is 17.2 Å². The maximum absolute atomic E-state index is 14.4. The molecule has 0 fully saturated rings. The summed E-state index contributed by atoms with van der Waals surface area (Å²) in [5, 5.41) is 9.82. The average molecular weight is 437 g/mol. The highest BCUT2D eigenvalue weighted by Gasteiger charge is 2.45. The van der Waals surface area contributed by atoms with Gasteiger partial charge in [0.05, 0.1) is 0 Å². The maximum Gasteiger partial charge on any atom is 0.410 e. The summed E-state index contributed by atoms with van der Waals surface area (Å²) in [7, 11) is 1.19. The number of hydrogen-bond donors (Lipinski definition) is 1. The minimum atomic E-state index is -2.17. The fourth-order valence-corrected chi connectivity index (χ4v) is 4.19. The summed E-state index contributed by atoms with van der Waals surface area (Å²) in [4.78, 5) is 25.7. The third-order valence-corrected chi connectivity index (χ3v) is 6.17. The predicted octanol–water partition coefficient (Wildman–Crippen LogP) is 5.15. The number of aliphatic carboxylic acids is 1.